The van der Waals surface area contributed by atoms with Crippen LogP contribution in [0.15, 0.2) is 36.4 Å². The molecule has 3 N–H and O–H groups in total. The fraction of sp³-hybridized carbons (Fsp3) is 0.389. The first-order chi connectivity index (χ1) is 11.9. The second kappa shape index (κ2) is 6.58. The van der Waals surface area contributed by atoms with E-state index < -0.39 is 29.6 Å². The molecule has 3 rings (SSSR count). The van der Waals surface area contributed by atoms with E-state index in [9.17, 15) is 19.5 Å². The third kappa shape index (κ3) is 3.22. The monoisotopic (exact) mass is 343 g/mol. The van der Waals surface area contributed by atoms with Gasteiger partial charge in [-0.2, -0.15) is 0 Å². The number of nitrogens with zero attached hydrogens (tertiary/aromatic N) is 1. The highest BCUT2D eigenvalue weighted by atomic mass is 16.4. The van der Waals surface area contributed by atoms with Crippen molar-refractivity contribution >= 4 is 23.5 Å². The first kappa shape index (κ1) is 17.0. The molecule has 132 valence electrons. The fourth-order valence-corrected chi connectivity index (χ4v) is 3.70. The van der Waals surface area contributed by atoms with Crippen LogP contribution in [0.3, 0.4) is 0 Å². The van der Waals surface area contributed by atoms with Crippen LogP contribution in [0.2, 0.25) is 0 Å². The van der Waals surface area contributed by atoms with E-state index in [4.69, 9.17) is 0 Å². The summed E-state index contributed by atoms with van der Waals surface area (Å²) < 4.78 is 0. The van der Waals surface area contributed by atoms with Gasteiger partial charge in [-0.3, -0.25) is 25.2 Å². The predicted molar refractivity (Wildman–Crippen MR) is 91.7 cm³/mol. The zero-order chi connectivity index (χ0) is 18.1. The SMILES string of the molecule is CN(C)c1ccc(C(=O)NNC(=O)C2C3C=CC(C3)C2C(=O)O)cc1. The van der Waals surface area contributed by atoms with Crippen molar-refractivity contribution in [3.63, 3.8) is 0 Å². The second-order valence-electron chi connectivity index (χ2n) is 6.72. The van der Waals surface area contributed by atoms with Crippen LogP contribution in [0.1, 0.15) is 16.8 Å². The van der Waals surface area contributed by atoms with E-state index >= 15 is 0 Å². The highest BCUT2D eigenvalue weighted by molar-refractivity contribution is 5.96. The van der Waals surface area contributed by atoms with Gasteiger partial charge in [0.15, 0.2) is 0 Å². The molecular formula is C18H21N3O4. The van der Waals surface area contributed by atoms with E-state index in [0.717, 1.165) is 5.69 Å². The Morgan fingerprint density at radius 3 is 2.16 bits per heavy atom. The summed E-state index contributed by atoms with van der Waals surface area (Å²) in [5.41, 5.74) is 6.13. The van der Waals surface area contributed by atoms with Crippen LogP contribution < -0.4 is 15.8 Å². The molecule has 4 atom stereocenters. The van der Waals surface area contributed by atoms with Crippen molar-refractivity contribution in [3.05, 3.63) is 42.0 Å². The Bertz CT molecular complexity index is 726. The quantitative estimate of drug-likeness (QED) is 0.560. The van der Waals surface area contributed by atoms with Gasteiger partial charge in [0, 0.05) is 25.3 Å². The molecule has 4 unspecified atom stereocenters. The number of hydrogen-bond acceptors (Lipinski definition) is 4. The minimum Gasteiger partial charge on any atom is -0.481 e. The van der Waals surface area contributed by atoms with Crippen molar-refractivity contribution in [2.24, 2.45) is 23.7 Å². The number of rotatable bonds is 4. The predicted octanol–water partition coefficient (Wildman–Crippen LogP) is 1.04. The van der Waals surface area contributed by atoms with E-state index in [1.54, 1.807) is 24.3 Å². The molecule has 25 heavy (non-hydrogen) atoms. The molecule has 1 aromatic carbocycles. The van der Waals surface area contributed by atoms with E-state index in [-0.39, 0.29) is 11.8 Å². The molecule has 7 heteroatoms. The van der Waals surface area contributed by atoms with Gasteiger partial charge < -0.3 is 10.0 Å². The summed E-state index contributed by atoms with van der Waals surface area (Å²) in [5.74, 6) is -3.43. The van der Waals surface area contributed by atoms with Crippen LogP contribution in [0.25, 0.3) is 0 Å². The number of allylic oxidation sites excluding steroid dienone is 2. The molecule has 0 spiro atoms. The molecule has 1 fully saturated rings. The Kier molecular flexibility index (Phi) is 4.48. The van der Waals surface area contributed by atoms with Gasteiger partial charge in [0.1, 0.15) is 0 Å². The molecule has 1 saturated carbocycles. The number of carboxylic acids is 1. The second-order valence-corrected chi connectivity index (χ2v) is 6.72. The number of amides is 2. The van der Waals surface area contributed by atoms with Crippen LogP contribution >= 0.6 is 0 Å². The number of fused-ring (bicyclic) bond motifs is 2. The summed E-state index contributed by atoms with van der Waals surface area (Å²) in [6.45, 7) is 0. The molecule has 1 aromatic rings. The molecule has 2 aliphatic carbocycles. The third-order valence-corrected chi connectivity index (χ3v) is 4.99. The highest BCUT2D eigenvalue weighted by Gasteiger charge is 2.51. The number of aliphatic carboxylic acids is 1. The molecule has 0 aliphatic heterocycles. The minimum atomic E-state index is -0.970. The Balaban J connectivity index is 1.61. The molecule has 0 aromatic heterocycles. The molecule has 0 radical (unpaired) electrons. The van der Waals surface area contributed by atoms with Crippen LogP contribution in [0.5, 0.6) is 0 Å². The lowest BCUT2D eigenvalue weighted by molar-refractivity contribution is -0.148. The number of carbonyl (C=O) groups is 3. The molecule has 7 nitrogen and oxygen atoms in total. The Hall–Kier alpha value is -2.83. The summed E-state index contributed by atoms with van der Waals surface area (Å²) >= 11 is 0. The summed E-state index contributed by atoms with van der Waals surface area (Å²) in [5, 5.41) is 9.38. The number of benzene rings is 1. The number of nitrogens with one attached hydrogen (secondary N) is 2. The number of carbonyl (C=O) groups excluding carboxylic acids is 2. The lowest BCUT2D eigenvalue weighted by atomic mass is 9.82. The van der Waals surface area contributed by atoms with E-state index in [0.29, 0.717) is 12.0 Å². The molecule has 0 saturated heterocycles. The first-order valence-electron chi connectivity index (χ1n) is 8.17. The molecule has 2 amide bonds. The van der Waals surface area contributed by atoms with Gasteiger partial charge in [0.2, 0.25) is 5.91 Å². The Morgan fingerprint density at radius 1 is 1.00 bits per heavy atom. The zero-order valence-corrected chi connectivity index (χ0v) is 14.1. The highest BCUT2D eigenvalue weighted by Crippen LogP contribution is 2.48. The molecule has 2 bridgehead atoms. The maximum Gasteiger partial charge on any atom is 0.307 e. The summed E-state index contributed by atoms with van der Waals surface area (Å²) in [7, 11) is 3.80. The topological polar surface area (TPSA) is 98.7 Å². The maximum absolute atomic E-state index is 12.4. The normalized spacial score (nSPS) is 26.3. The average Bonchev–Trinajstić information content (AvgIpc) is 3.20. The van der Waals surface area contributed by atoms with Gasteiger partial charge in [-0.05, 0) is 42.5 Å². The molecule has 0 heterocycles. The van der Waals surface area contributed by atoms with Gasteiger partial charge in [-0.1, -0.05) is 12.2 Å². The van der Waals surface area contributed by atoms with Gasteiger partial charge in [0.05, 0.1) is 11.8 Å². The minimum absolute atomic E-state index is 0.0811. The van der Waals surface area contributed by atoms with Crippen LogP contribution in [0.4, 0.5) is 5.69 Å². The summed E-state index contributed by atoms with van der Waals surface area (Å²) in [6.07, 6.45) is 4.45. The summed E-state index contributed by atoms with van der Waals surface area (Å²) in [6, 6.07) is 6.93. The van der Waals surface area contributed by atoms with Gasteiger partial charge >= 0.3 is 5.97 Å². The van der Waals surface area contributed by atoms with Crippen molar-refractivity contribution in [2.75, 3.05) is 19.0 Å². The standard InChI is InChI=1S/C18H21N3O4/c1-21(2)13-7-5-10(6-8-13)16(22)19-20-17(23)14-11-3-4-12(9-11)15(14)18(24)25/h3-8,11-12,14-15H,9H2,1-2H3,(H,19,22)(H,20,23)(H,24,25). The lowest BCUT2D eigenvalue weighted by Crippen LogP contribution is -2.48. The first-order valence-corrected chi connectivity index (χ1v) is 8.17. The largest absolute Gasteiger partial charge is 0.481 e. The van der Waals surface area contributed by atoms with Crippen LogP contribution in [-0.2, 0) is 9.59 Å². The Labute approximate surface area is 145 Å². The molecular weight excluding hydrogens is 322 g/mol. The smallest absolute Gasteiger partial charge is 0.307 e. The van der Waals surface area contributed by atoms with Crippen molar-refractivity contribution in [1.29, 1.82) is 0 Å². The summed E-state index contributed by atoms with van der Waals surface area (Å²) in [4.78, 5) is 37.9. The van der Waals surface area contributed by atoms with Gasteiger partial charge in [0.25, 0.3) is 5.91 Å². The van der Waals surface area contributed by atoms with Crippen molar-refractivity contribution < 1.29 is 19.5 Å². The van der Waals surface area contributed by atoms with E-state index in [2.05, 4.69) is 10.9 Å². The van der Waals surface area contributed by atoms with Crippen LogP contribution in [0, 0.1) is 23.7 Å². The van der Waals surface area contributed by atoms with Crippen LogP contribution in [-0.4, -0.2) is 37.0 Å². The fourth-order valence-electron chi connectivity index (χ4n) is 3.70. The van der Waals surface area contributed by atoms with Crippen molar-refractivity contribution in [3.8, 4) is 0 Å². The van der Waals surface area contributed by atoms with Gasteiger partial charge in [-0.25, -0.2) is 0 Å². The van der Waals surface area contributed by atoms with E-state index in [1.807, 2.05) is 31.1 Å². The average molecular weight is 343 g/mol. The zero-order valence-electron chi connectivity index (χ0n) is 14.1. The maximum atomic E-state index is 12.4. The van der Waals surface area contributed by atoms with Gasteiger partial charge in [-0.15, -0.1) is 0 Å². The number of hydrazine groups is 1. The van der Waals surface area contributed by atoms with Crippen molar-refractivity contribution in [1.82, 2.24) is 10.9 Å². The third-order valence-electron chi connectivity index (χ3n) is 4.99. The molecule has 2 aliphatic rings. The van der Waals surface area contributed by atoms with Crippen molar-refractivity contribution in [2.45, 2.75) is 6.42 Å². The lowest BCUT2D eigenvalue weighted by Gasteiger charge is -2.23. The number of anilines is 1. The Morgan fingerprint density at radius 2 is 1.60 bits per heavy atom. The number of carboxylic acid groups (broad SMARTS) is 1. The van der Waals surface area contributed by atoms with E-state index in [1.165, 1.54) is 0 Å². The number of hydrogen-bond donors (Lipinski definition) is 3.